The second-order valence-corrected chi connectivity index (χ2v) is 4.31. The molecule has 1 aromatic heterocycles. The summed E-state index contributed by atoms with van der Waals surface area (Å²) in [6.45, 7) is 0. The zero-order valence-electron chi connectivity index (χ0n) is 10.5. The molecule has 3 nitrogen and oxygen atoms in total. The molecular formula is C16H11FN2O. The van der Waals surface area contributed by atoms with Gasteiger partial charge < -0.3 is 5.11 Å². The van der Waals surface area contributed by atoms with Gasteiger partial charge in [-0.3, -0.25) is 9.98 Å². The highest BCUT2D eigenvalue weighted by Gasteiger charge is 2.04. The standard InChI is InChI=1S/C16H11FN2O/c17-12-5-3-11(4-6-12)10-19-14-7-8-15(20)16-13(14)2-1-9-18-16/h1-10,20H. The quantitative estimate of drug-likeness (QED) is 0.716. The lowest BCUT2D eigenvalue weighted by Crippen LogP contribution is -1.83. The van der Waals surface area contributed by atoms with Crippen LogP contribution in [0.2, 0.25) is 0 Å². The molecule has 3 aromatic rings. The number of hydrogen-bond donors (Lipinski definition) is 1. The maximum atomic E-state index is 12.8. The molecule has 0 radical (unpaired) electrons. The van der Waals surface area contributed by atoms with Crippen molar-refractivity contribution in [1.29, 1.82) is 0 Å². The number of aromatic hydroxyl groups is 1. The van der Waals surface area contributed by atoms with Crippen LogP contribution in [-0.4, -0.2) is 16.3 Å². The van der Waals surface area contributed by atoms with Crippen molar-refractivity contribution < 1.29 is 9.50 Å². The van der Waals surface area contributed by atoms with Gasteiger partial charge in [0.15, 0.2) is 0 Å². The van der Waals surface area contributed by atoms with E-state index >= 15 is 0 Å². The second kappa shape index (κ2) is 5.09. The number of hydrogen-bond acceptors (Lipinski definition) is 3. The highest BCUT2D eigenvalue weighted by molar-refractivity contribution is 5.96. The summed E-state index contributed by atoms with van der Waals surface area (Å²) < 4.78 is 12.8. The van der Waals surface area contributed by atoms with Gasteiger partial charge in [-0.1, -0.05) is 12.1 Å². The molecule has 2 aromatic carbocycles. The molecule has 0 aliphatic heterocycles. The van der Waals surface area contributed by atoms with Crippen LogP contribution in [0.15, 0.2) is 59.7 Å². The van der Waals surface area contributed by atoms with Crippen molar-refractivity contribution in [2.75, 3.05) is 0 Å². The van der Waals surface area contributed by atoms with Gasteiger partial charge >= 0.3 is 0 Å². The fourth-order valence-corrected chi connectivity index (χ4v) is 1.95. The molecule has 0 saturated heterocycles. The van der Waals surface area contributed by atoms with E-state index in [4.69, 9.17) is 0 Å². The van der Waals surface area contributed by atoms with Gasteiger partial charge in [0.1, 0.15) is 17.1 Å². The van der Waals surface area contributed by atoms with E-state index in [2.05, 4.69) is 9.98 Å². The van der Waals surface area contributed by atoms with Crippen LogP contribution in [0.1, 0.15) is 5.56 Å². The van der Waals surface area contributed by atoms with Crippen molar-refractivity contribution in [3.63, 3.8) is 0 Å². The minimum atomic E-state index is -0.276. The first-order valence-corrected chi connectivity index (χ1v) is 6.10. The van der Waals surface area contributed by atoms with E-state index < -0.39 is 0 Å². The molecule has 20 heavy (non-hydrogen) atoms. The predicted molar refractivity (Wildman–Crippen MR) is 77.1 cm³/mol. The highest BCUT2D eigenvalue weighted by atomic mass is 19.1. The lowest BCUT2D eigenvalue weighted by molar-refractivity contribution is 0.480. The van der Waals surface area contributed by atoms with E-state index in [1.54, 1.807) is 42.7 Å². The van der Waals surface area contributed by atoms with Gasteiger partial charge in [0.2, 0.25) is 0 Å². The third kappa shape index (κ3) is 2.36. The van der Waals surface area contributed by atoms with Gasteiger partial charge in [-0.2, -0.15) is 0 Å². The fourth-order valence-electron chi connectivity index (χ4n) is 1.95. The zero-order chi connectivity index (χ0) is 13.9. The molecule has 0 saturated carbocycles. The van der Waals surface area contributed by atoms with E-state index in [0.717, 1.165) is 10.9 Å². The summed E-state index contributed by atoms with van der Waals surface area (Å²) >= 11 is 0. The van der Waals surface area contributed by atoms with Crippen molar-refractivity contribution >= 4 is 22.8 Å². The van der Waals surface area contributed by atoms with E-state index in [0.29, 0.717) is 11.2 Å². The average Bonchev–Trinajstić information content (AvgIpc) is 2.49. The summed E-state index contributed by atoms with van der Waals surface area (Å²) in [7, 11) is 0. The van der Waals surface area contributed by atoms with Gasteiger partial charge in [0.25, 0.3) is 0 Å². The van der Waals surface area contributed by atoms with Crippen LogP contribution in [0.25, 0.3) is 10.9 Å². The predicted octanol–water partition coefficient (Wildman–Crippen LogP) is 3.83. The first-order valence-electron chi connectivity index (χ1n) is 6.10. The van der Waals surface area contributed by atoms with Crippen LogP contribution in [0.4, 0.5) is 10.1 Å². The smallest absolute Gasteiger partial charge is 0.141 e. The molecule has 0 spiro atoms. The highest BCUT2D eigenvalue weighted by Crippen LogP contribution is 2.30. The Hall–Kier alpha value is -2.75. The Kier molecular flexibility index (Phi) is 3.13. The molecule has 0 bridgehead atoms. The molecule has 0 aliphatic rings. The molecule has 0 aliphatic carbocycles. The van der Waals surface area contributed by atoms with Crippen LogP contribution >= 0.6 is 0 Å². The van der Waals surface area contributed by atoms with Crippen molar-refractivity contribution in [2.24, 2.45) is 4.99 Å². The minimum absolute atomic E-state index is 0.126. The Labute approximate surface area is 115 Å². The maximum Gasteiger partial charge on any atom is 0.141 e. The number of pyridine rings is 1. The largest absolute Gasteiger partial charge is 0.506 e. The van der Waals surface area contributed by atoms with Crippen molar-refractivity contribution in [3.05, 3.63) is 66.1 Å². The molecule has 0 amide bonds. The molecular weight excluding hydrogens is 255 g/mol. The van der Waals surface area contributed by atoms with Crippen LogP contribution in [0, 0.1) is 5.82 Å². The van der Waals surface area contributed by atoms with E-state index in [1.807, 2.05) is 6.07 Å². The maximum absolute atomic E-state index is 12.8. The Bertz CT molecular complexity index is 782. The van der Waals surface area contributed by atoms with E-state index in [-0.39, 0.29) is 11.6 Å². The van der Waals surface area contributed by atoms with Gasteiger partial charge in [0, 0.05) is 17.8 Å². The SMILES string of the molecule is Oc1ccc(N=Cc2ccc(F)cc2)c2cccnc12. The number of aromatic nitrogens is 1. The summed E-state index contributed by atoms with van der Waals surface area (Å²) in [5.74, 6) is -0.150. The molecule has 98 valence electrons. The number of phenolic OH excluding ortho intramolecular Hbond substituents is 1. The Morgan fingerprint density at radius 1 is 1.05 bits per heavy atom. The van der Waals surface area contributed by atoms with Crippen LogP contribution in [0.3, 0.4) is 0 Å². The number of halogens is 1. The lowest BCUT2D eigenvalue weighted by atomic mass is 10.1. The van der Waals surface area contributed by atoms with Crippen LogP contribution in [-0.2, 0) is 0 Å². The first-order chi connectivity index (χ1) is 9.74. The zero-order valence-corrected chi connectivity index (χ0v) is 10.5. The number of aliphatic imine (C=N–C) groups is 1. The number of benzene rings is 2. The Morgan fingerprint density at radius 2 is 1.85 bits per heavy atom. The second-order valence-electron chi connectivity index (χ2n) is 4.31. The summed E-state index contributed by atoms with van der Waals surface area (Å²) in [4.78, 5) is 8.51. The summed E-state index contributed by atoms with van der Waals surface area (Å²) in [5, 5.41) is 10.5. The number of nitrogens with zero attached hydrogens (tertiary/aromatic N) is 2. The van der Waals surface area contributed by atoms with Crippen molar-refractivity contribution in [2.45, 2.75) is 0 Å². The van der Waals surface area contributed by atoms with Crippen LogP contribution in [0.5, 0.6) is 5.75 Å². The summed E-state index contributed by atoms with van der Waals surface area (Å²) in [5.41, 5.74) is 2.02. The molecule has 0 fully saturated rings. The molecule has 1 N–H and O–H groups in total. The monoisotopic (exact) mass is 266 g/mol. The summed E-state index contributed by atoms with van der Waals surface area (Å²) in [6, 6.07) is 13.0. The van der Waals surface area contributed by atoms with Gasteiger partial charge in [0.05, 0.1) is 5.69 Å². The number of rotatable bonds is 2. The lowest BCUT2D eigenvalue weighted by Gasteiger charge is -2.03. The first kappa shape index (κ1) is 12.3. The number of phenols is 1. The Morgan fingerprint density at radius 3 is 2.65 bits per heavy atom. The molecule has 0 atom stereocenters. The Balaban J connectivity index is 2.03. The van der Waals surface area contributed by atoms with Gasteiger partial charge in [-0.15, -0.1) is 0 Å². The molecule has 3 rings (SSSR count). The third-order valence-corrected chi connectivity index (χ3v) is 2.95. The fraction of sp³-hybridized carbons (Fsp3) is 0. The van der Waals surface area contributed by atoms with Crippen molar-refractivity contribution in [3.8, 4) is 5.75 Å². The van der Waals surface area contributed by atoms with E-state index in [9.17, 15) is 9.50 Å². The summed E-state index contributed by atoms with van der Waals surface area (Å²) in [6.07, 6.45) is 3.27. The minimum Gasteiger partial charge on any atom is -0.506 e. The molecule has 1 heterocycles. The third-order valence-electron chi connectivity index (χ3n) is 2.95. The number of fused-ring (bicyclic) bond motifs is 1. The molecule has 0 unspecified atom stereocenters. The molecule has 4 heteroatoms. The average molecular weight is 266 g/mol. The van der Waals surface area contributed by atoms with Gasteiger partial charge in [-0.25, -0.2) is 4.39 Å². The van der Waals surface area contributed by atoms with Crippen molar-refractivity contribution in [1.82, 2.24) is 4.98 Å². The van der Waals surface area contributed by atoms with Crippen LogP contribution < -0.4 is 0 Å². The van der Waals surface area contributed by atoms with Gasteiger partial charge in [-0.05, 0) is 42.0 Å². The normalized spacial score (nSPS) is 11.2. The topological polar surface area (TPSA) is 45.5 Å². The van der Waals surface area contributed by atoms with E-state index in [1.165, 1.54) is 12.1 Å².